The Bertz CT molecular complexity index is 810. The molecule has 0 fully saturated rings. The van der Waals surface area contributed by atoms with Crippen LogP contribution in [0.15, 0.2) is 42.5 Å². The molecular formula is C16H14F3N3O. The number of hydrogen-bond donors (Lipinski definition) is 2. The van der Waals surface area contributed by atoms with Crippen LogP contribution in [0.1, 0.15) is 5.82 Å². The zero-order valence-corrected chi connectivity index (χ0v) is 12.0. The molecule has 0 radical (unpaired) electrons. The SMILES string of the molecule is NCc1nc2ccc(-c3ccc(OCC(F)(F)F)cc3)cc2[nH]1. The van der Waals surface area contributed by atoms with Crippen molar-refractivity contribution in [3.63, 3.8) is 0 Å². The van der Waals surface area contributed by atoms with E-state index in [4.69, 9.17) is 10.5 Å². The smallest absolute Gasteiger partial charge is 0.422 e. The zero-order chi connectivity index (χ0) is 16.4. The van der Waals surface area contributed by atoms with Gasteiger partial charge in [0.1, 0.15) is 11.6 Å². The van der Waals surface area contributed by atoms with Gasteiger partial charge in [0.15, 0.2) is 6.61 Å². The summed E-state index contributed by atoms with van der Waals surface area (Å²) in [5.41, 5.74) is 9.02. The van der Waals surface area contributed by atoms with Crippen LogP contribution in [0, 0.1) is 0 Å². The zero-order valence-electron chi connectivity index (χ0n) is 12.0. The van der Waals surface area contributed by atoms with E-state index in [1.807, 2.05) is 18.2 Å². The van der Waals surface area contributed by atoms with Crippen LogP contribution in [0.4, 0.5) is 13.2 Å². The highest BCUT2D eigenvalue weighted by atomic mass is 19.4. The molecule has 0 spiro atoms. The lowest BCUT2D eigenvalue weighted by molar-refractivity contribution is -0.153. The lowest BCUT2D eigenvalue weighted by atomic mass is 10.1. The number of imidazole rings is 1. The molecule has 3 rings (SSSR count). The van der Waals surface area contributed by atoms with E-state index < -0.39 is 12.8 Å². The molecule has 0 aliphatic carbocycles. The third kappa shape index (κ3) is 3.62. The summed E-state index contributed by atoms with van der Waals surface area (Å²) >= 11 is 0. The van der Waals surface area contributed by atoms with E-state index in [-0.39, 0.29) is 5.75 Å². The van der Waals surface area contributed by atoms with Gasteiger partial charge >= 0.3 is 6.18 Å². The van der Waals surface area contributed by atoms with Gasteiger partial charge in [-0.25, -0.2) is 4.98 Å². The summed E-state index contributed by atoms with van der Waals surface area (Å²) in [6.07, 6.45) is -4.34. The molecule has 7 heteroatoms. The van der Waals surface area contributed by atoms with E-state index in [0.717, 1.165) is 22.2 Å². The van der Waals surface area contributed by atoms with Gasteiger partial charge in [0.25, 0.3) is 0 Å². The van der Waals surface area contributed by atoms with Crippen LogP contribution in [0.25, 0.3) is 22.2 Å². The molecule has 0 bridgehead atoms. The molecule has 4 nitrogen and oxygen atoms in total. The molecule has 0 atom stereocenters. The van der Waals surface area contributed by atoms with E-state index in [9.17, 15) is 13.2 Å². The minimum Gasteiger partial charge on any atom is -0.484 e. The first-order valence-corrected chi connectivity index (χ1v) is 6.93. The van der Waals surface area contributed by atoms with Crippen LogP contribution in [0.5, 0.6) is 5.75 Å². The second-order valence-electron chi connectivity index (χ2n) is 5.05. The van der Waals surface area contributed by atoms with Crippen molar-refractivity contribution in [1.29, 1.82) is 0 Å². The molecular weight excluding hydrogens is 307 g/mol. The minimum atomic E-state index is -4.34. The number of H-pyrrole nitrogens is 1. The summed E-state index contributed by atoms with van der Waals surface area (Å²) in [5.74, 6) is 0.882. The summed E-state index contributed by atoms with van der Waals surface area (Å²) < 4.78 is 41.1. The lowest BCUT2D eigenvalue weighted by Gasteiger charge is -2.09. The number of nitrogens with two attached hydrogens (primary N) is 1. The Kier molecular flexibility index (Phi) is 3.96. The number of benzene rings is 2. The maximum atomic E-state index is 12.1. The molecule has 23 heavy (non-hydrogen) atoms. The van der Waals surface area contributed by atoms with Crippen LogP contribution in [0.3, 0.4) is 0 Å². The first-order chi connectivity index (χ1) is 10.9. The third-order valence-corrected chi connectivity index (χ3v) is 3.31. The molecule has 1 aromatic heterocycles. The first kappa shape index (κ1) is 15.4. The molecule has 1 heterocycles. The van der Waals surface area contributed by atoms with Crippen molar-refractivity contribution in [2.24, 2.45) is 5.73 Å². The normalized spacial score (nSPS) is 11.8. The minimum absolute atomic E-state index is 0.180. The van der Waals surface area contributed by atoms with Gasteiger partial charge in [0.05, 0.1) is 17.6 Å². The number of nitrogens with one attached hydrogen (secondary N) is 1. The van der Waals surface area contributed by atoms with Crippen molar-refractivity contribution in [2.75, 3.05) is 6.61 Å². The Morgan fingerprint density at radius 2 is 1.74 bits per heavy atom. The molecule has 3 N–H and O–H groups in total. The lowest BCUT2D eigenvalue weighted by Crippen LogP contribution is -2.19. The van der Waals surface area contributed by atoms with Crippen LogP contribution >= 0.6 is 0 Å². The van der Waals surface area contributed by atoms with Crippen molar-refractivity contribution in [3.8, 4) is 16.9 Å². The Morgan fingerprint density at radius 1 is 1.04 bits per heavy atom. The third-order valence-electron chi connectivity index (χ3n) is 3.31. The number of rotatable bonds is 4. The second-order valence-corrected chi connectivity index (χ2v) is 5.05. The quantitative estimate of drug-likeness (QED) is 0.771. The topological polar surface area (TPSA) is 63.9 Å². The van der Waals surface area contributed by atoms with Gasteiger partial charge in [0, 0.05) is 0 Å². The van der Waals surface area contributed by atoms with E-state index in [0.29, 0.717) is 12.4 Å². The van der Waals surface area contributed by atoms with Crippen molar-refractivity contribution < 1.29 is 17.9 Å². The molecule has 3 aromatic rings. The van der Waals surface area contributed by atoms with Gasteiger partial charge in [-0.1, -0.05) is 18.2 Å². The number of alkyl halides is 3. The summed E-state index contributed by atoms with van der Waals surface area (Å²) in [7, 11) is 0. The predicted octanol–water partition coefficient (Wildman–Crippen LogP) is 3.63. The molecule has 2 aromatic carbocycles. The van der Waals surface area contributed by atoms with E-state index in [2.05, 4.69) is 9.97 Å². The maximum Gasteiger partial charge on any atom is 0.422 e. The second kappa shape index (κ2) is 5.92. The van der Waals surface area contributed by atoms with Crippen molar-refractivity contribution in [2.45, 2.75) is 12.7 Å². The number of aromatic amines is 1. The number of ether oxygens (including phenoxy) is 1. The van der Waals surface area contributed by atoms with Crippen LogP contribution < -0.4 is 10.5 Å². The van der Waals surface area contributed by atoms with Crippen molar-refractivity contribution in [3.05, 3.63) is 48.3 Å². The van der Waals surface area contributed by atoms with Crippen molar-refractivity contribution >= 4 is 11.0 Å². The van der Waals surface area contributed by atoms with E-state index >= 15 is 0 Å². The van der Waals surface area contributed by atoms with Gasteiger partial charge < -0.3 is 15.5 Å². The fourth-order valence-corrected chi connectivity index (χ4v) is 2.25. The Balaban J connectivity index is 1.81. The Morgan fingerprint density at radius 3 is 2.39 bits per heavy atom. The summed E-state index contributed by atoms with van der Waals surface area (Å²) in [6, 6.07) is 12.2. The van der Waals surface area contributed by atoms with E-state index in [1.165, 1.54) is 12.1 Å². The van der Waals surface area contributed by atoms with Gasteiger partial charge in [-0.15, -0.1) is 0 Å². The predicted molar refractivity (Wildman–Crippen MR) is 81.0 cm³/mol. The standard InChI is InChI=1S/C16H14F3N3O/c17-16(18,19)9-23-12-4-1-10(2-5-12)11-3-6-13-14(7-11)22-15(8-20)21-13/h1-7H,8-9,20H2,(H,21,22). The Labute approximate surface area is 130 Å². The highest BCUT2D eigenvalue weighted by Gasteiger charge is 2.28. The molecule has 0 aliphatic heterocycles. The van der Waals surface area contributed by atoms with Gasteiger partial charge in [-0.2, -0.15) is 13.2 Å². The fraction of sp³-hybridized carbons (Fsp3) is 0.188. The highest BCUT2D eigenvalue weighted by Crippen LogP contribution is 2.26. The number of nitrogens with zero attached hydrogens (tertiary/aromatic N) is 1. The first-order valence-electron chi connectivity index (χ1n) is 6.93. The number of hydrogen-bond acceptors (Lipinski definition) is 3. The number of halogens is 3. The number of fused-ring (bicyclic) bond motifs is 1. The highest BCUT2D eigenvalue weighted by molar-refractivity contribution is 5.82. The summed E-state index contributed by atoms with van der Waals surface area (Å²) in [5, 5.41) is 0. The molecule has 0 saturated heterocycles. The van der Waals surface area contributed by atoms with Gasteiger partial charge in [-0.3, -0.25) is 0 Å². The average Bonchev–Trinajstić information content (AvgIpc) is 2.95. The number of aromatic nitrogens is 2. The van der Waals surface area contributed by atoms with Crippen molar-refractivity contribution in [1.82, 2.24) is 9.97 Å². The monoisotopic (exact) mass is 321 g/mol. The molecule has 0 saturated carbocycles. The largest absolute Gasteiger partial charge is 0.484 e. The van der Waals surface area contributed by atoms with Crippen LogP contribution in [-0.4, -0.2) is 22.8 Å². The average molecular weight is 321 g/mol. The molecule has 0 aliphatic rings. The molecule has 0 unspecified atom stereocenters. The summed E-state index contributed by atoms with van der Waals surface area (Å²) in [4.78, 5) is 7.44. The van der Waals surface area contributed by atoms with Crippen LogP contribution in [-0.2, 0) is 6.54 Å². The Hall–Kier alpha value is -2.54. The fourth-order valence-electron chi connectivity index (χ4n) is 2.25. The molecule has 0 amide bonds. The van der Waals surface area contributed by atoms with E-state index in [1.54, 1.807) is 12.1 Å². The molecule has 120 valence electrons. The summed E-state index contributed by atoms with van der Waals surface area (Å²) in [6.45, 7) is -0.969. The van der Waals surface area contributed by atoms with Gasteiger partial charge in [-0.05, 0) is 35.4 Å². The maximum absolute atomic E-state index is 12.1. The van der Waals surface area contributed by atoms with Crippen LogP contribution in [0.2, 0.25) is 0 Å². The van der Waals surface area contributed by atoms with Gasteiger partial charge in [0.2, 0.25) is 0 Å².